The molecule has 0 amide bonds. The quantitative estimate of drug-likeness (QED) is 0.378. The van der Waals surface area contributed by atoms with E-state index in [0.29, 0.717) is 0 Å². The highest BCUT2D eigenvalue weighted by atomic mass is 16.3. The molecule has 5 nitrogen and oxygen atoms in total. The SMILES string of the molecule is CCCCCCC/C=C\N(CC(O)CO)CC(O)CO. The van der Waals surface area contributed by atoms with E-state index in [9.17, 15) is 10.2 Å². The first-order chi connectivity index (χ1) is 9.63. The van der Waals surface area contributed by atoms with E-state index in [4.69, 9.17) is 10.2 Å². The van der Waals surface area contributed by atoms with Crippen LogP contribution in [0.15, 0.2) is 12.3 Å². The number of aliphatic hydroxyl groups excluding tert-OH is 4. The second-order valence-electron chi connectivity index (χ2n) is 5.21. The fourth-order valence-corrected chi connectivity index (χ4v) is 1.94. The smallest absolute Gasteiger partial charge is 0.0945 e. The molecular formula is C15H31NO4. The number of aliphatic hydroxyl groups is 4. The Balaban J connectivity index is 3.99. The van der Waals surface area contributed by atoms with E-state index < -0.39 is 12.2 Å². The summed E-state index contributed by atoms with van der Waals surface area (Å²) in [5.41, 5.74) is 0. The first-order valence-electron chi connectivity index (χ1n) is 7.62. The molecule has 120 valence electrons. The molecule has 4 N–H and O–H groups in total. The second kappa shape index (κ2) is 13.4. The molecule has 0 rings (SSSR count). The van der Waals surface area contributed by atoms with Gasteiger partial charge in [-0.1, -0.05) is 38.7 Å². The number of unbranched alkanes of at least 4 members (excludes halogenated alkanes) is 5. The van der Waals surface area contributed by atoms with Gasteiger partial charge in [-0.3, -0.25) is 0 Å². The van der Waals surface area contributed by atoms with Crippen molar-refractivity contribution < 1.29 is 20.4 Å². The highest BCUT2D eigenvalue weighted by Crippen LogP contribution is 2.06. The Hall–Kier alpha value is -0.620. The van der Waals surface area contributed by atoms with E-state index in [-0.39, 0.29) is 26.3 Å². The van der Waals surface area contributed by atoms with Gasteiger partial charge >= 0.3 is 0 Å². The van der Waals surface area contributed by atoms with Gasteiger partial charge in [0.05, 0.1) is 25.4 Å². The fraction of sp³-hybridized carbons (Fsp3) is 0.867. The van der Waals surface area contributed by atoms with Crippen molar-refractivity contribution in [2.75, 3.05) is 26.3 Å². The fourth-order valence-electron chi connectivity index (χ4n) is 1.94. The van der Waals surface area contributed by atoms with Crippen molar-refractivity contribution in [1.82, 2.24) is 4.90 Å². The molecule has 0 radical (unpaired) electrons. The molecule has 0 aliphatic rings. The average Bonchev–Trinajstić information content (AvgIpc) is 2.45. The number of allylic oxidation sites excluding steroid dienone is 1. The van der Waals surface area contributed by atoms with Gasteiger partial charge in [0.15, 0.2) is 0 Å². The Morgan fingerprint density at radius 1 is 0.900 bits per heavy atom. The lowest BCUT2D eigenvalue weighted by Gasteiger charge is -2.24. The summed E-state index contributed by atoms with van der Waals surface area (Å²) in [6.45, 7) is 2.07. The molecule has 0 fully saturated rings. The summed E-state index contributed by atoms with van der Waals surface area (Å²) >= 11 is 0. The van der Waals surface area contributed by atoms with E-state index in [1.807, 2.05) is 12.3 Å². The molecule has 0 spiro atoms. The zero-order chi connectivity index (χ0) is 15.2. The van der Waals surface area contributed by atoms with Crippen molar-refractivity contribution in [3.63, 3.8) is 0 Å². The summed E-state index contributed by atoms with van der Waals surface area (Å²) in [5, 5.41) is 36.6. The summed E-state index contributed by atoms with van der Waals surface area (Å²) in [4.78, 5) is 1.73. The van der Waals surface area contributed by atoms with Gasteiger partial charge < -0.3 is 25.3 Å². The lowest BCUT2D eigenvalue weighted by atomic mass is 10.1. The van der Waals surface area contributed by atoms with E-state index in [0.717, 1.165) is 12.8 Å². The Labute approximate surface area is 122 Å². The van der Waals surface area contributed by atoms with Gasteiger partial charge in [0, 0.05) is 13.1 Å². The van der Waals surface area contributed by atoms with Gasteiger partial charge in [0.2, 0.25) is 0 Å². The van der Waals surface area contributed by atoms with Crippen molar-refractivity contribution in [1.29, 1.82) is 0 Å². The largest absolute Gasteiger partial charge is 0.394 e. The zero-order valence-electron chi connectivity index (χ0n) is 12.6. The normalized spacial score (nSPS) is 14.7. The van der Waals surface area contributed by atoms with Gasteiger partial charge in [-0.15, -0.1) is 0 Å². The van der Waals surface area contributed by atoms with Crippen LogP contribution in [0.3, 0.4) is 0 Å². The Morgan fingerprint density at radius 2 is 1.45 bits per heavy atom. The van der Waals surface area contributed by atoms with Crippen molar-refractivity contribution in [3.8, 4) is 0 Å². The third-order valence-electron chi connectivity index (χ3n) is 3.10. The van der Waals surface area contributed by atoms with Crippen molar-refractivity contribution in [2.45, 2.75) is 57.7 Å². The van der Waals surface area contributed by atoms with Gasteiger partial charge in [-0.2, -0.15) is 0 Å². The lowest BCUT2D eigenvalue weighted by molar-refractivity contribution is 0.0393. The van der Waals surface area contributed by atoms with Crippen molar-refractivity contribution in [2.24, 2.45) is 0 Å². The first kappa shape index (κ1) is 19.4. The Morgan fingerprint density at radius 3 is 1.95 bits per heavy atom. The van der Waals surface area contributed by atoms with Crippen LogP contribution in [0.1, 0.15) is 45.4 Å². The number of nitrogens with zero attached hydrogens (tertiary/aromatic N) is 1. The molecule has 20 heavy (non-hydrogen) atoms. The third kappa shape index (κ3) is 11.2. The standard InChI is InChI=1S/C15H31NO4/c1-2-3-4-5-6-7-8-9-16(10-14(19)12-17)11-15(20)13-18/h8-9,14-15,17-20H,2-7,10-13H2,1H3/b9-8-. The average molecular weight is 289 g/mol. The van der Waals surface area contributed by atoms with Gasteiger partial charge in [-0.25, -0.2) is 0 Å². The molecular weight excluding hydrogens is 258 g/mol. The Kier molecular flexibility index (Phi) is 13.0. The minimum atomic E-state index is -0.838. The van der Waals surface area contributed by atoms with Crippen molar-refractivity contribution in [3.05, 3.63) is 12.3 Å². The van der Waals surface area contributed by atoms with E-state index in [1.54, 1.807) is 4.90 Å². The van der Waals surface area contributed by atoms with E-state index >= 15 is 0 Å². The Bertz CT molecular complexity index is 224. The minimum absolute atomic E-state index is 0.250. The van der Waals surface area contributed by atoms with Gasteiger partial charge in [0.1, 0.15) is 0 Å². The zero-order valence-corrected chi connectivity index (χ0v) is 12.6. The molecule has 0 aliphatic heterocycles. The summed E-state index contributed by atoms with van der Waals surface area (Å²) in [6.07, 6.45) is 9.27. The molecule has 0 aromatic carbocycles. The predicted molar refractivity (Wildman–Crippen MR) is 80.3 cm³/mol. The van der Waals surface area contributed by atoms with Crippen LogP contribution in [-0.4, -0.2) is 63.8 Å². The molecule has 2 atom stereocenters. The highest BCUT2D eigenvalue weighted by Gasteiger charge is 2.11. The maximum Gasteiger partial charge on any atom is 0.0945 e. The van der Waals surface area contributed by atoms with Crippen LogP contribution >= 0.6 is 0 Å². The minimum Gasteiger partial charge on any atom is -0.394 e. The maximum absolute atomic E-state index is 9.44. The molecule has 0 saturated heterocycles. The second-order valence-corrected chi connectivity index (χ2v) is 5.21. The summed E-state index contributed by atoms with van der Waals surface area (Å²) in [5.74, 6) is 0. The topological polar surface area (TPSA) is 84.2 Å². The highest BCUT2D eigenvalue weighted by molar-refractivity contribution is 4.85. The van der Waals surface area contributed by atoms with Crippen LogP contribution in [0.25, 0.3) is 0 Å². The van der Waals surface area contributed by atoms with E-state index in [1.165, 1.54) is 25.7 Å². The van der Waals surface area contributed by atoms with Crippen molar-refractivity contribution >= 4 is 0 Å². The maximum atomic E-state index is 9.44. The summed E-state index contributed by atoms with van der Waals surface area (Å²) in [6, 6.07) is 0. The number of rotatable bonds is 13. The molecule has 0 aromatic heterocycles. The molecule has 5 heteroatoms. The molecule has 0 heterocycles. The first-order valence-corrected chi connectivity index (χ1v) is 7.62. The third-order valence-corrected chi connectivity index (χ3v) is 3.10. The molecule has 0 bridgehead atoms. The monoisotopic (exact) mass is 289 g/mol. The molecule has 0 aliphatic carbocycles. The molecule has 2 unspecified atom stereocenters. The van der Waals surface area contributed by atoms with Crippen LogP contribution in [-0.2, 0) is 0 Å². The number of hydrogen-bond donors (Lipinski definition) is 4. The summed E-state index contributed by atoms with van der Waals surface area (Å²) in [7, 11) is 0. The molecule has 0 saturated carbocycles. The predicted octanol–water partition coefficient (Wildman–Crippen LogP) is 0.869. The van der Waals surface area contributed by atoms with Crippen LogP contribution in [0, 0.1) is 0 Å². The molecule has 0 aromatic rings. The van der Waals surface area contributed by atoms with Gasteiger partial charge in [-0.05, 0) is 19.0 Å². The van der Waals surface area contributed by atoms with Crippen LogP contribution in [0.2, 0.25) is 0 Å². The summed E-state index contributed by atoms with van der Waals surface area (Å²) < 4.78 is 0. The van der Waals surface area contributed by atoms with E-state index in [2.05, 4.69) is 6.92 Å². The van der Waals surface area contributed by atoms with Gasteiger partial charge in [0.25, 0.3) is 0 Å². The number of hydrogen-bond acceptors (Lipinski definition) is 5. The lowest BCUT2D eigenvalue weighted by Crippen LogP contribution is -2.37. The van der Waals surface area contributed by atoms with Crippen LogP contribution in [0.5, 0.6) is 0 Å². The van der Waals surface area contributed by atoms with Crippen LogP contribution < -0.4 is 0 Å². The van der Waals surface area contributed by atoms with Crippen LogP contribution in [0.4, 0.5) is 0 Å².